The van der Waals surface area contributed by atoms with Crippen molar-refractivity contribution in [1.29, 1.82) is 0 Å². The van der Waals surface area contributed by atoms with Gasteiger partial charge in [-0.05, 0) is 54.8 Å². The predicted molar refractivity (Wildman–Crippen MR) is 129 cm³/mol. The summed E-state index contributed by atoms with van der Waals surface area (Å²) in [6.07, 6.45) is 0. The molecule has 3 aromatic carbocycles. The Balaban J connectivity index is 1.84. The minimum atomic E-state index is -3.59. The van der Waals surface area contributed by atoms with Crippen molar-refractivity contribution in [2.75, 3.05) is 30.9 Å². The number of hydrogen-bond acceptors (Lipinski definition) is 4. The van der Waals surface area contributed by atoms with Gasteiger partial charge < -0.3 is 10.2 Å². The minimum absolute atomic E-state index is 0.127. The van der Waals surface area contributed by atoms with Crippen molar-refractivity contribution in [3.63, 3.8) is 0 Å². The average Bonchev–Trinajstić information content (AvgIpc) is 2.75. The fraction of sp³-hybridized carbons (Fsp3) is 0.240. The van der Waals surface area contributed by atoms with E-state index in [2.05, 4.69) is 5.32 Å². The van der Waals surface area contributed by atoms with E-state index in [9.17, 15) is 13.2 Å². The van der Waals surface area contributed by atoms with Crippen molar-refractivity contribution in [3.8, 4) is 0 Å². The number of aryl methyl sites for hydroxylation is 2. The van der Waals surface area contributed by atoms with Gasteiger partial charge in [-0.2, -0.15) is 0 Å². The fourth-order valence-electron chi connectivity index (χ4n) is 3.34. The summed E-state index contributed by atoms with van der Waals surface area (Å²) < 4.78 is 26.1. The van der Waals surface area contributed by atoms with E-state index < -0.39 is 10.0 Å². The first-order chi connectivity index (χ1) is 15.2. The third kappa shape index (κ3) is 5.75. The minimum Gasteiger partial charge on any atom is -0.358 e. The van der Waals surface area contributed by atoms with Crippen molar-refractivity contribution >= 4 is 27.3 Å². The van der Waals surface area contributed by atoms with E-state index in [1.54, 1.807) is 12.1 Å². The highest BCUT2D eigenvalue weighted by atomic mass is 32.2. The first-order valence-electron chi connectivity index (χ1n) is 10.4. The third-order valence-electron chi connectivity index (χ3n) is 5.18. The Morgan fingerprint density at radius 2 is 1.62 bits per heavy atom. The van der Waals surface area contributed by atoms with E-state index in [0.29, 0.717) is 12.2 Å². The quantitative estimate of drug-likeness (QED) is 0.557. The predicted octanol–water partition coefficient (Wildman–Crippen LogP) is 4.20. The van der Waals surface area contributed by atoms with Crippen LogP contribution in [0, 0.1) is 13.8 Å². The fourth-order valence-corrected chi connectivity index (χ4v) is 4.27. The highest BCUT2D eigenvalue weighted by Gasteiger charge is 2.19. The molecule has 0 spiro atoms. The van der Waals surface area contributed by atoms with E-state index in [0.717, 1.165) is 26.7 Å². The lowest BCUT2D eigenvalue weighted by Crippen LogP contribution is -2.33. The molecule has 3 rings (SSSR count). The Hall–Kier alpha value is -3.16. The first-order valence-corrected chi connectivity index (χ1v) is 11.8. The maximum atomic E-state index is 13.0. The van der Waals surface area contributed by atoms with Crippen molar-refractivity contribution in [3.05, 3.63) is 89.5 Å². The summed E-state index contributed by atoms with van der Waals surface area (Å²) in [7, 11) is -0.626. The number of nitrogens with zero attached hydrogens (tertiary/aromatic N) is 2. The topological polar surface area (TPSA) is 69.7 Å². The molecule has 0 aromatic heterocycles. The number of carbonyl (C=O) groups is 1. The monoisotopic (exact) mass is 451 g/mol. The Morgan fingerprint density at radius 1 is 0.906 bits per heavy atom. The summed E-state index contributed by atoms with van der Waals surface area (Å²) in [5.41, 5.74) is 4.43. The summed E-state index contributed by atoms with van der Waals surface area (Å²) in [5, 5.41) is 2.90. The lowest BCUT2D eigenvalue weighted by atomic mass is 10.1. The lowest BCUT2D eigenvalue weighted by Gasteiger charge is -2.25. The molecule has 0 radical (unpaired) electrons. The molecule has 0 fully saturated rings. The molecule has 0 heterocycles. The van der Waals surface area contributed by atoms with Crippen LogP contribution in [0.2, 0.25) is 0 Å². The van der Waals surface area contributed by atoms with Crippen LogP contribution in [0.15, 0.2) is 77.7 Å². The molecule has 0 atom stereocenters. The maximum absolute atomic E-state index is 13.0. The molecular formula is C25H29N3O3S. The van der Waals surface area contributed by atoms with Gasteiger partial charge in [-0.1, -0.05) is 48.5 Å². The normalized spacial score (nSPS) is 11.4. The lowest BCUT2D eigenvalue weighted by molar-refractivity contribution is -0.115. The largest absolute Gasteiger partial charge is 0.358 e. The molecule has 0 aliphatic carbocycles. The third-order valence-corrected chi connectivity index (χ3v) is 6.99. The highest BCUT2D eigenvalue weighted by molar-refractivity contribution is 7.89. The number of amides is 1. The molecule has 1 N–H and O–H groups in total. The van der Waals surface area contributed by atoms with Gasteiger partial charge >= 0.3 is 0 Å². The van der Waals surface area contributed by atoms with Crippen LogP contribution >= 0.6 is 0 Å². The van der Waals surface area contributed by atoms with Gasteiger partial charge in [-0.15, -0.1) is 0 Å². The number of hydrogen-bond donors (Lipinski definition) is 1. The Labute approximate surface area is 190 Å². The van der Waals surface area contributed by atoms with Gasteiger partial charge in [0.15, 0.2) is 0 Å². The number of sulfonamides is 1. The van der Waals surface area contributed by atoms with Crippen molar-refractivity contribution in [2.45, 2.75) is 25.3 Å². The summed E-state index contributed by atoms with van der Waals surface area (Å²) in [6.45, 7) is 4.56. The van der Waals surface area contributed by atoms with Crippen molar-refractivity contribution in [2.24, 2.45) is 0 Å². The number of nitrogens with one attached hydrogen (secondary N) is 1. The van der Waals surface area contributed by atoms with Gasteiger partial charge in [-0.3, -0.25) is 4.79 Å². The van der Waals surface area contributed by atoms with Crippen LogP contribution in [0.4, 0.5) is 11.4 Å². The van der Waals surface area contributed by atoms with Crippen LogP contribution in [0.25, 0.3) is 0 Å². The standard InChI is InChI=1S/C25H29N3O3S/c1-19-9-8-12-22(15-19)28(17-21-10-6-5-7-11-21)18-25(29)26-24-16-23(14-13-20(24)2)32(30,31)27(3)4/h5-16H,17-18H2,1-4H3,(H,26,29). The van der Waals surface area contributed by atoms with Crippen LogP contribution in [0.5, 0.6) is 0 Å². The van der Waals surface area contributed by atoms with Gasteiger partial charge in [0.1, 0.15) is 0 Å². The molecule has 0 aliphatic heterocycles. The number of carbonyl (C=O) groups excluding carboxylic acids is 1. The van der Waals surface area contributed by atoms with E-state index in [1.165, 1.54) is 20.2 Å². The molecule has 0 saturated carbocycles. The molecule has 3 aromatic rings. The van der Waals surface area contributed by atoms with Crippen molar-refractivity contribution < 1.29 is 13.2 Å². The number of benzene rings is 3. The SMILES string of the molecule is Cc1cccc(N(CC(=O)Nc2cc(S(=O)(=O)N(C)C)ccc2C)Cc2ccccc2)c1. The molecule has 6 nitrogen and oxygen atoms in total. The summed E-state index contributed by atoms with van der Waals surface area (Å²) in [4.78, 5) is 15.2. The van der Waals surface area contributed by atoms with E-state index in [-0.39, 0.29) is 17.3 Å². The first kappa shape index (κ1) is 23.5. The van der Waals surface area contributed by atoms with E-state index in [1.807, 2.05) is 73.3 Å². The molecule has 1 amide bonds. The second kappa shape index (κ2) is 9.97. The summed E-state index contributed by atoms with van der Waals surface area (Å²) >= 11 is 0. The zero-order valence-corrected chi connectivity index (χ0v) is 19.7. The van der Waals surface area contributed by atoms with Crippen LogP contribution in [0.1, 0.15) is 16.7 Å². The maximum Gasteiger partial charge on any atom is 0.243 e. The average molecular weight is 452 g/mol. The van der Waals surface area contributed by atoms with Crippen LogP contribution < -0.4 is 10.2 Å². The van der Waals surface area contributed by atoms with E-state index in [4.69, 9.17) is 0 Å². The van der Waals surface area contributed by atoms with Crippen LogP contribution in [0.3, 0.4) is 0 Å². The Kier molecular flexibility index (Phi) is 7.33. The zero-order chi connectivity index (χ0) is 23.3. The Morgan fingerprint density at radius 3 is 2.28 bits per heavy atom. The second-order valence-corrected chi connectivity index (χ2v) is 10.1. The molecule has 0 bridgehead atoms. The van der Waals surface area contributed by atoms with Crippen molar-refractivity contribution in [1.82, 2.24) is 4.31 Å². The van der Waals surface area contributed by atoms with Gasteiger partial charge in [0.05, 0.1) is 11.4 Å². The molecule has 0 unspecified atom stereocenters. The number of anilines is 2. The van der Waals surface area contributed by atoms with Gasteiger partial charge in [0.25, 0.3) is 0 Å². The Bertz CT molecular complexity index is 1190. The molecule has 7 heteroatoms. The highest BCUT2D eigenvalue weighted by Crippen LogP contribution is 2.23. The summed E-state index contributed by atoms with van der Waals surface area (Å²) in [6, 6.07) is 22.8. The molecule has 168 valence electrons. The number of rotatable bonds is 8. The second-order valence-electron chi connectivity index (χ2n) is 7.99. The van der Waals surface area contributed by atoms with Gasteiger partial charge in [0.2, 0.25) is 15.9 Å². The van der Waals surface area contributed by atoms with Crippen LogP contribution in [-0.2, 0) is 21.4 Å². The van der Waals surface area contributed by atoms with Crippen LogP contribution in [-0.4, -0.2) is 39.3 Å². The summed E-state index contributed by atoms with van der Waals surface area (Å²) in [5.74, 6) is -0.218. The zero-order valence-electron chi connectivity index (χ0n) is 18.9. The molecular weight excluding hydrogens is 422 g/mol. The van der Waals surface area contributed by atoms with E-state index >= 15 is 0 Å². The molecule has 32 heavy (non-hydrogen) atoms. The van der Waals surface area contributed by atoms with Gasteiger partial charge in [-0.25, -0.2) is 12.7 Å². The smallest absolute Gasteiger partial charge is 0.243 e. The van der Waals surface area contributed by atoms with Gasteiger partial charge in [0, 0.05) is 32.0 Å². The molecule has 0 aliphatic rings. The molecule has 0 saturated heterocycles.